The first-order valence-corrected chi connectivity index (χ1v) is 9.94. The third-order valence-electron chi connectivity index (χ3n) is 5.69. The minimum Gasteiger partial charge on any atom is -0.465 e. The molecule has 1 amide bonds. The van der Waals surface area contributed by atoms with E-state index in [4.69, 9.17) is 14.2 Å². The van der Waals surface area contributed by atoms with Crippen LogP contribution in [0, 0.1) is 5.41 Å². The first-order chi connectivity index (χ1) is 14.3. The van der Waals surface area contributed by atoms with Gasteiger partial charge in [0.25, 0.3) is 0 Å². The van der Waals surface area contributed by atoms with Crippen molar-refractivity contribution in [2.24, 2.45) is 5.41 Å². The normalized spacial score (nSPS) is 21.3. The maximum Gasteiger partial charge on any atom is 0.335 e. The average Bonchev–Trinajstić information content (AvgIpc) is 3.20. The van der Waals surface area contributed by atoms with Gasteiger partial charge in [0.05, 0.1) is 25.4 Å². The van der Waals surface area contributed by atoms with E-state index in [2.05, 4.69) is 0 Å². The highest BCUT2D eigenvalue weighted by atomic mass is 16.6. The number of hydrogen-bond donors (Lipinski definition) is 0. The van der Waals surface area contributed by atoms with E-state index in [1.807, 2.05) is 0 Å². The van der Waals surface area contributed by atoms with Crippen molar-refractivity contribution in [2.45, 2.75) is 32.6 Å². The second kappa shape index (κ2) is 7.93. The smallest absolute Gasteiger partial charge is 0.335 e. The second-order valence-corrected chi connectivity index (χ2v) is 7.02. The van der Waals surface area contributed by atoms with E-state index in [1.165, 1.54) is 18.0 Å². The topological polar surface area (TPSA) is 99.2 Å². The van der Waals surface area contributed by atoms with Crippen molar-refractivity contribution >= 4 is 29.5 Å². The molecule has 0 fully saturated rings. The maximum atomic E-state index is 13.8. The molecule has 0 saturated carbocycles. The van der Waals surface area contributed by atoms with E-state index in [0.29, 0.717) is 11.3 Å². The number of hydrogen-bond acceptors (Lipinski definition) is 7. The van der Waals surface area contributed by atoms with E-state index in [9.17, 15) is 19.2 Å². The summed E-state index contributed by atoms with van der Waals surface area (Å²) in [4.78, 5) is 54.8. The van der Waals surface area contributed by atoms with E-state index in [-0.39, 0.29) is 31.8 Å². The van der Waals surface area contributed by atoms with Crippen LogP contribution in [0.2, 0.25) is 0 Å². The Morgan fingerprint density at radius 3 is 2.10 bits per heavy atom. The summed E-state index contributed by atoms with van der Waals surface area (Å²) in [5.74, 6) is -3.15. The molecular formula is C22H25NO7. The van der Waals surface area contributed by atoms with Crippen LogP contribution in [0.3, 0.4) is 0 Å². The molecule has 3 rings (SSSR count). The van der Waals surface area contributed by atoms with Gasteiger partial charge in [-0.2, -0.15) is 0 Å². The van der Waals surface area contributed by atoms with Gasteiger partial charge in [0.2, 0.25) is 5.91 Å². The van der Waals surface area contributed by atoms with Crippen molar-refractivity contribution in [2.75, 3.05) is 31.8 Å². The molecule has 0 aromatic heterocycles. The first kappa shape index (κ1) is 21.5. The van der Waals surface area contributed by atoms with Crippen LogP contribution in [0.15, 0.2) is 35.9 Å². The maximum absolute atomic E-state index is 13.8. The number of benzene rings is 1. The molecule has 160 valence electrons. The van der Waals surface area contributed by atoms with Crippen LogP contribution in [0.25, 0.3) is 0 Å². The molecule has 0 saturated heterocycles. The van der Waals surface area contributed by atoms with Gasteiger partial charge in [-0.3, -0.25) is 14.4 Å². The first-order valence-electron chi connectivity index (χ1n) is 9.94. The van der Waals surface area contributed by atoms with Gasteiger partial charge in [-0.1, -0.05) is 24.3 Å². The Hall–Kier alpha value is -3.16. The highest BCUT2D eigenvalue weighted by molar-refractivity contribution is 6.23. The average molecular weight is 415 g/mol. The minimum absolute atomic E-state index is 0.00349. The van der Waals surface area contributed by atoms with Gasteiger partial charge in [0, 0.05) is 12.7 Å². The molecule has 1 aliphatic carbocycles. The van der Waals surface area contributed by atoms with Gasteiger partial charge in [0.1, 0.15) is 5.41 Å². The molecule has 2 aliphatic rings. The number of fused-ring (bicyclic) bond motifs is 2. The molecule has 8 heteroatoms. The summed E-state index contributed by atoms with van der Waals surface area (Å²) in [6.07, 6.45) is 1.21. The highest BCUT2D eigenvalue weighted by Gasteiger charge is 2.76. The lowest BCUT2D eigenvalue weighted by Gasteiger charge is -2.39. The molecule has 1 aromatic rings. The SMILES string of the molecule is CCOC(=O)C1=CCC(C(=O)OCC)(C(=O)OCC)[C@@]12C(=O)N(C)c1ccccc12. The molecule has 0 radical (unpaired) electrons. The molecule has 0 unspecified atom stereocenters. The van der Waals surface area contributed by atoms with Crippen LogP contribution >= 0.6 is 0 Å². The minimum atomic E-state index is -2.07. The fraction of sp³-hybridized carbons (Fsp3) is 0.455. The van der Waals surface area contributed by atoms with Crippen LogP contribution in [-0.2, 0) is 38.8 Å². The van der Waals surface area contributed by atoms with Crippen molar-refractivity contribution in [3.05, 3.63) is 41.5 Å². The Kier molecular flexibility index (Phi) is 5.70. The van der Waals surface area contributed by atoms with Gasteiger partial charge < -0.3 is 19.1 Å². The lowest BCUT2D eigenvalue weighted by atomic mass is 9.59. The van der Waals surface area contributed by atoms with Crippen LogP contribution < -0.4 is 4.90 Å². The highest BCUT2D eigenvalue weighted by Crippen LogP contribution is 2.62. The largest absolute Gasteiger partial charge is 0.465 e. The van der Waals surface area contributed by atoms with E-state index < -0.39 is 34.6 Å². The van der Waals surface area contributed by atoms with Crippen molar-refractivity contribution in [1.29, 1.82) is 0 Å². The summed E-state index contributed by atoms with van der Waals surface area (Å²) in [5, 5.41) is 0. The molecule has 0 N–H and O–H groups in total. The Morgan fingerprint density at radius 1 is 0.967 bits per heavy atom. The molecular weight excluding hydrogens is 390 g/mol. The lowest BCUT2D eigenvalue weighted by Crippen LogP contribution is -2.60. The summed E-state index contributed by atoms with van der Waals surface area (Å²) in [5.41, 5.74) is -3.18. The van der Waals surface area contributed by atoms with Crippen LogP contribution in [0.4, 0.5) is 5.69 Å². The van der Waals surface area contributed by atoms with E-state index in [1.54, 1.807) is 45.0 Å². The Balaban J connectivity index is 2.39. The van der Waals surface area contributed by atoms with Crippen molar-refractivity contribution < 1.29 is 33.4 Å². The number of anilines is 1. The zero-order valence-corrected chi connectivity index (χ0v) is 17.5. The molecule has 1 aromatic carbocycles. The molecule has 0 bridgehead atoms. The van der Waals surface area contributed by atoms with Gasteiger partial charge >= 0.3 is 17.9 Å². The molecule has 1 atom stereocenters. The van der Waals surface area contributed by atoms with Crippen molar-refractivity contribution in [3.63, 3.8) is 0 Å². The number of carbonyl (C=O) groups is 4. The number of likely N-dealkylation sites (N-methyl/N-ethyl adjacent to an activating group) is 1. The standard InChI is InChI=1S/C22H25NO7/c1-5-28-17(24)15-12-13-21(19(26)29-6-2,20(27)30-7-3)22(15)14-10-8-9-11-16(14)23(4)18(22)25/h8-12H,5-7,13H2,1-4H3/t22-/m1/s1. The zero-order valence-electron chi connectivity index (χ0n) is 17.5. The molecule has 30 heavy (non-hydrogen) atoms. The summed E-state index contributed by atoms with van der Waals surface area (Å²) in [6, 6.07) is 6.77. The predicted octanol–water partition coefficient (Wildman–Crippen LogP) is 1.91. The number of allylic oxidation sites excluding steroid dienone is 1. The predicted molar refractivity (Wildman–Crippen MR) is 107 cm³/mol. The Bertz CT molecular complexity index is 917. The van der Waals surface area contributed by atoms with Crippen molar-refractivity contribution in [1.82, 2.24) is 0 Å². The Morgan fingerprint density at radius 2 is 1.53 bits per heavy atom. The summed E-state index contributed by atoms with van der Waals surface area (Å²) in [7, 11) is 1.54. The fourth-order valence-electron chi connectivity index (χ4n) is 4.53. The van der Waals surface area contributed by atoms with Gasteiger partial charge in [-0.15, -0.1) is 0 Å². The number of para-hydroxylation sites is 1. The third kappa shape index (κ3) is 2.59. The summed E-state index contributed by atoms with van der Waals surface area (Å²) in [6.45, 7) is 4.92. The molecule has 1 heterocycles. The quantitative estimate of drug-likeness (QED) is 0.397. The fourth-order valence-corrected chi connectivity index (χ4v) is 4.53. The summed E-state index contributed by atoms with van der Waals surface area (Å²) >= 11 is 0. The van der Waals surface area contributed by atoms with E-state index in [0.717, 1.165) is 0 Å². The summed E-state index contributed by atoms with van der Waals surface area (Å²) < 4.78 is 15.7. The second-order valence-electron chi connectivity index (χ2n) is 7.02. The molecule has 1 aliphatic heterocycles. The Labute approximate surface area is 174 Å². The lowest BCUT2D eigenvalue weighted by molar-refractivity contribution is -0.178. The number of nitrogens with zero attached hydrogens (tertiary/aromatic N) is 1. The third-order valence-corrected chi connectivity index (χ3v) is 5.69. The van der Waals surface area contributed by atoms with Gasteiger partial charge in [-0.25, -0.2) is 4.79 Å². The molecule has 1 spiro atoms. The number of rotatable bonds is 6. The monoisotopic (exact) mass is 415 g/mol. The van der Waals surface area contributed by atoms with Crippen LogP contribution in [0.1, 0.15) is 32.8 Å². The van der Waals surface area contributed by atoms with Gasteiger partial charge in [-0.05, 0) is 38.8 Å². The number of ether oxygens (including phenoxy) is 3. The van der Waals surface area contributed by atoms with Crippen LogP contribution in [0.5, 0.6) is 0 Å². The number of amides is 1. The van der Waals surface area contributed by atoms with Gasteiger partial charge in [0.15, 0.2) is 5.41 Å². The van der Waals surface area contributed by atoms with Crippen LogP contribution in [-0.4, -0.2) is 50.7 Å². The van der Waals surface area contributed by atoms with Crippen molar-refractivity contribution in [3.8, 4) is 0 Å². The molecule has 8 nitrogen and oxygen atoms in total. The number of carbonyl (C=O) groups excluding carboxylic acids is 4. The van der Waals surface area contributed by atoms with E-state index >= 15 is 0 Å². The number of esters is 3. The zero-order chi connectivity index (χ0) is 22.1.